The summed E-state index contributed by atoms with van der Waals surface area (Å²) in [6.07, 6.45) is -0.430. The summed E-state index contributed by atoms with van der Waals surface area (Å²) in [6.45, 7) is 4.28. The Morgan fingerprint density at radius 1 is 1.05 bits per heavy atom. The van der Waals surface area contributed by atoms with E-state index in [1.165, 1.54) is 0 Å². The fourth-order valence-corrected chi connectivity index (χ4v) is 1.83. The molecule has 2 aromatic rings. The fourth-order valence-electron chi connectivity index (χ4n) is 1.83. The van der Waals surface area contributed by atoms with Crippen molar-refractivity contribution in [3.05, 3.63) is 49.5 Å². The number of hydrogen-bond donors (Lipinski definition) is 0. The highest BCUT2D eigenvalue weighted by Crippen LogP contribution is 2.32. The molecule has 0 saturated heterocycles. The van der Waals surface area contributed by atoms with Crippen molar-refractivity contribution in [3.8, 4) is 16.9 Å². The van der Waals surface area contributed by atoms with E-state index >= 15 is 0 Å². The second-order valence-corrected chi connectivity index (χ2v) is 4.69. The number of ether oxygens (including phenoxy) is 1. The van der Waals surface area contributed by atoms with Gasteiger partial charge in [-0.15, -0.1) is 0 Å². The Kier molecular flexibility index (Phi) is 3.41. The van der Waals surface area contributed by atoms with Crippen LogP contribution in [0.4, 0.5) is 13.2 Å². The molecular formula is C14H11F3O3. The maximum Gasteiger partial charge on any atom is 0.268 e. The molecule has 0 aliphatic heterocycles. The van der Waals surface area contributed by atoms with Crippen LogP contribution in [0.3, 0.4) is 0 Å². The zero-order valence-corrected chi connectivity index (χ0v) is 11.0. The van der Waals surface area contributed by atoms with Crippen LogP contribution in [-0.2, 0) is 0 Å². The first-order chi connectivity index (χ1) is 9.25. The molecular weight excluding hydrogens is 273 g/mol. The zero-order chi connectivity index (χ0) is 15.2. The van der Waals surface area contributed by atoms with Gasteiger partial charge in [-0.2, -0.15) is 0 Å². The smallest absolute Gasteiger partial charge is 0.268 e. The third-order valence-electron chi connectivity index (χ3n) is 2.88. The van der Waals surface area contributed by atoms with Crippen LogP contribution in [0.5, 0.6) is 5.75 Å². The van der Waals surface area contributed by atoms with Gasteiger partial charge in [0.15, 0.2) is 17.4 Å². The third kappa shape index (κ3) is 2.01. The highest BCUT2D eigenvalue weighted by Gasteiger charge is 2.29. The summed E-state index contributed by atoms with van der Waals surface area (Å²) in [4.78, 5) is 22.9. The SMILES string of the molecule is Cc1c(F)cc(-c2c(OC(C)C)c(=O)c2=O)c(F)c1F. The number of benzene rings is 1. The Balaban J connectivity index is 2.68. The van der Waals surface area contributed by atoms with E-state index in [-0.39, 0.29) is 5.75 Å². The molecule has 0 saturated carbocycles. The Hall–Kier alpha value is -2.11. The molecule has 0 N–H and O–H groups in total. The topological polar surface area (TPSA) is 43.4 Å². The van der Waals surface area contributed by atoms with Gasteiger partial charge in [0.1, 0.15) is 5.82 Å². The first-order valence-electron chi connectivity index (χ1n) is 5.90. The van der Waals surface area contributed by atoms with Crippen molar-refractivity contribution in [2.75, 3.05) is 0 Å². The first kappa shape index (κ1) is 14.3. The van der Waals surface area contributed by atoms with E-state index in [0.29, 0.717) is 6.07 Å². The van der Waals surface area contributed by atoms with Crippen molar-refractivity contribution in [2.45, 2.75) is 26.9 Å². The summed E-state index contributed by atoms with van der Waals surface area (Å²) in [6, 6.07) is 0.692. The van der Waals surface area contributed by atoms with Crippen molar-refractivity contribution < 1.29 is 17.9 Å². The minimum absolute atomic E-state index is 0.355. The average Bonchev–Trinajstić information content (AvgIpc) is 2.40. The van der Waals surface area contributed by atoms with E-state index in [2.05, 4.69) is 0 Å². The highest BCUT2D eigenvalue weighted by atomic mass is 19.2. The van der Waals surface area contributed by atoms with Crippen molar-refractivity contribution in [1.29, 1.82) is 0 Å². The lowest BCUT2D eigenvalue weighted by Gasteiger charge is -2.16. The largest absolute Gasteiger partial charge is 0.486 e. The van der Waals surface area contributed by atoms with Gasteiger partial charge in [-0.05, 0) is 26.8 Å². The molecule has 3 nitrogen and oxygen atoms in total. The molecule has 0 atom stereocenters. The number of rotatable bonds is 3. The monoisotopic (exact) mass is 284 g/mol. The summed E-state index contributed by atoms with van der Waals surface area (Å²) >= 11 is 0. The quantitative estimate of drug-likeness (QED) is 0.642. The Bertz CT molecular complexity index is 756. The van der Waals surface area contributed by atoms with Crippen molar-refractivity contribution >= 4 is 0 Å². The molecule has 2 rings (SSSR count). The second-order valence-electron chi connectivity index (χ2n) is 4.69. The normalized spacial score (nSPS) is 11.3. The van der Waals surface area contributed by atoms with Crippen LogP contribution in [0.1, 0.15) is 19.4 Å². The maximum atomic E-state index is 13.8. The predicted molar refractivity (Wildman–Crippen MR) is 67.2 cm³/mol. The standard InChI is InChI=1S/C14H11F3O3/c1-5(2)20-14-9(12(18)13(14)19)7-4-8(15)6(3)10(16)11(7)17/h4-5H,1-3H3. The van der Waals surface area contributed by atoms with E-state index in [1.807, 2.05) is 0 Å². The minimum Gasteiger partial charge on any atom is -0.486 e. The van der Waals surface area contributed by atoms with Gasteiger partial charge in [0.2, 0.25) is 5.43 Å². The number of halogens is 3. The lowest BCUT2D eigenvalue weighted by molar-refractivity contribution is 0.238. The molecule has 0 radical (unpaired) electrons. The van der Waals surface area contributed by atoms with Crippen LogP contribution >= 0.6 is 0 Å². The third-order valence-corrected chi connectivity index (χ3v) is 2.88. The molecule has 0 amide bonds. The van der Waals surface area contributed by atoms with Crippen molar-refractivity contribution in [1.82, 2.24) is 0 Å². The van der Waals surface area contributed by atoms with Gasteiger partial charge in [-0.3, -0.25) is 9.59 Å². The van der Waals surface area contributed by atoms with Crippen LogP contribution in [-0.4, -0.2) is 6.10 Å². The lowest BCUT2D eigenvalue weighted by atomic mass is 9.97. The summed E-state index contributed by atoms with van der Waals surface area (Å²) in [5.41, 5.74) is -3.43. The average molecular weight is 284 g/mol. The molecule has 0 aromatic heterocycles. The predicted octanol–water partition coefficient (Wildman–Crippen LogP) is 2.46. The Morgan fingerprint density at radius 2 is 1.65 bits per heavy atom. The molecule has 0 fully saturated rings. The van der Waals surface area contributed by atoms with Crippen LogP contribution in [0, 0.1) is 24.4 Å². The van der Waals surface area contributed by atoms with E-state index in [9.17, 15) is 22.8 Å². The first-order valence-corrected chi connectivity index (χ1v) is 5.90. The number of hydrogen-bond acceptors (Lipinski definition) is 3. The van der Waals surface area contributed by atoms with Crippen molar-refractivity contribution in [3.63, 3.8) is 0 Å². The van der Waals surface area contributed by atoms with Gasteiger partial charge in [-0.1, -0.05) is 0 Å². The zero-order valence-electron chi connectivity index (χ0n) is 11.0. The minimum atomic E-state index is -1.39. The highest BCUT2D eigenvalue weighted by molar-refractivity contribution is 5.74. The van der Waals surface area contributed by atoms with Gasteiger partial charge in [-0.25, -0.2) is 13.2 Å². The van der Waals surface area contributed by atoms with Gasteiger partial charge >= 0.3 is 0 Å². The van der Waals surface area contributed by atoms with E-state index in [1.54, 1.807) is 13.8 Å². The summed E-state index contributed by atoms with van der Waals surface area (Å²) < 4.78 is 45.9. The maximum absolute atomic E-state index is 13.8. The summed E-state index contributed by atoms with van der Waals surface area (Å²) in [7, 11) is 0. The van der Waals surface area contributed by atoms with Gasteiger partial charge in [0.25, 0.3) is 5.43 Å². The van der Waals surface area contributed by atoms with E-state index < -0.39 is 51.1 Å². The molecule has 0 bridgehead atoms. The summed E-state index contributed by atoms with van der Waals surface area (Å²) in [5, 5.41) is 0. The molecule has 106 valence electrons. The Morgan fingerprint density at radius 3 is 2.20 bits per heavy atom. The van der Waals surface area contributed by atoms with Gasteiger partial charge in [0.05, 0.1) is 11.7 Å². The van der Waals surface area contributed by atoms with Crippen LogP contribution < -0.4 is 15.6 Å². The summed E-state index contributed by atoms with van der Waals surface area (Å²) in [5.74, 6) is -4.11. The van der Waals surface area contributed by atoms with Crippen LogP contribution in [0.2, 0.25) is 0 Å². The van der Waals surface area contributed by atoms with Crippen LogP contribution in [0.25, 0.3) is 11.1 Å². The van der Waals surface area contributed by atoms with Crippen molar-refractivity contribution in [2.24, 2.45) is 0 Å². The molecule has 0 unspecified atom stereocenters. The fraction of sp³-hybridized carbons (Fsp3) is 0.286. The molecule has 0 spiro atoms. The molecule has 0 heterocycles. The lowest BCUT2D eigenvalue weighted by Crippen LogP contribution is -2.36. The molecule has 0 aliphatic rings. The second kappa shape index (κ2) is 4.77. The van der Waals surface area contributed by atoms with Crippen LogP contribution in [0.15, 0.2) is 15.7 Å². The Labute approximate surface area is 112 Å². The van der Waals surface area contributed by atoms with Gasteiger partial charge < -0.3 is 4.74 Å². The molecule has 2 aromatic carbocycles. The molecule has 0 aliphatic carbocycles. The molecule has 20 heavy (non-hydrogen) atoms. The van der Waals surface area contributed by atoms with Gasteiger partial charge in [0, 0.05) is 11.1 Å². The van der Waals surface area contributed by atoms with E-state index in [4.69, 9.17) is 4.74 Å². The molecule has 6 heteroatoms. The van der Waals surface area contributed by atoms with E-state index in [0.717, 1.165) is 6.92 Å².